The van der Waals surface area contributed by atoms with Gasteiger partial charge in [-0.2, -0.15) is 15.0 Å². The summed E-state index contributed by atoms with van der Waals surface area (Å²) in [5.74, 6) is 0.838. The summed E-state index contributed by atoms with van der Waals surface area (Å²) >= 11 is 5.68. The van der Waals surface area contributed by atoms with Crippen molar-refractivity contribution in [2.24, 2.45) is 4.99 Å². The SMILES string of the molecule is CN(C)C=Nc1c(C#N)cnn1-c1ccc(Cl)nn1. The molecular weight excluding hydrogens is 266 g/mol. The Morgan fingerprint density at radius 3 is 2.79 bits per heavy atom. The lowest BCUT2D eigenvalue weighted by Gasteiger charge is -2.04. The van der Waals surface area contributed by atoms with Crippen LogP contribution >= 0.6 is 11.6 Å². The van der Waals surface area contributed by atoms with E-state index in [0.717, 1.165) is 0 Å². The van der Waals surface area contributed by atoms with Gasteiger partial charge in [-0.1, -0.05) is 11.6 Å². The van der Waals surface area contributed by atoms with Gasteiger partial charge in [0.15, 0.2) is 16.8 Å². The Labute approximate surface area is 114 Å². The standard InChI is InChI=1S/C11H10ClN7/c1-18(2)7-14-11-8(5-13)6-15-19(11)10-4-3-9(12)16-17-10/h3-4,6-7H,1-2H3. The lowest BCUT2D eigenvalue weighted by molar-refractivity contribution is 0.642. The van der Waals surface area contributed by atoms with E-state index in [1.165, 1.54) is 10.9 Å². The first-order chi connectivity index (χ1) is 9.11. The molecule has 2 aromatic heterocycles. The van der Waals surface area contributed by atoms with Gasteiger partial charge in [-0.3, -0.25) is 0 Å². The van der Waals surface area contributed by atoms with E-state index in [2.05, 4.69) is 20.3 Å². The summed E-state index contributed by atoms with van der Waals surface area (Å²) in [6, 6.07) is 5.28. The Kier molecular flexibility index (Phi) is 3.73. The maximum atomic E-state index is 9.04. The molecule has 0 aliphatic rings. The molecule has 0 atom stereocenters. The lowest BCUT2D eigenvalue weighted by Crippen LogP contribution is -2.08. The molecule has 19 heavy (non-hydrogen) atoms. The molecule has 0 aliphatic heterocycles. The van der Waals surface area contributed by atoms with Gasteiger partial charge in [0.05, 0.1) is 12.5 Å². The highest BCUT2D eigenvalue weighted by Gasteiger charge is 2.12. The summed E-state index contributed by atoms with van der Waals surface area (Å²) in [6.07, 6.45) is 3.01. The zero-order chi connectivity index (χ0) is 13.8. The van der Waals surface area contributed by atoms with Crippen molar-refractivity contribution >= 4 is 23.8 Å². The summed E-state index contributed by atoms with van der Waals surface area (Å²) in [4.78, 5) is 5.97. The first-order valence-electron chi connectivity index (χ1n) is 5.30. The highest BCUT2D eigenvalue weighted by Crippen LogP contribution is 2.21. The van der Waals surface area contributed by atoms with Crippen LogP contribution in [0.2, 0.25) is 5.15 Å². The summed E-state index contributed by atoms with van der Waals surface area (Å²) < 4.78 is 1.43. The Bertz CT molecular complexity index is 636. The predicted molar refractivity (Wildman–Crippen MR) is 70.7 cm³/mol. The lowest BCUT2D eigenvalue weighted by atomic mass is 10.3. The number of halogens is 1. The summed E-state index contributed by atoms with van der Waals surface area (Å²) in [5, 5.41) is 21.0. The van der Waals surface area contributed by atoms with Crippen LogP contribution in [0.4, 0.5) is 5.82 Å². The van der Waals surface area contributed by atoms with Gasteiger partial charge < -0.3 is 4.90 Å². The van der Waals surface area contributed by atoms with Crippen LogP contribution < -0.4 is 0 Å². The fourth-order valence-electron chi connectivity index (χ4n) is 1.30. The second kappa shape index (κ2) is 5.46. The van der Waals surface area contributed by atoms with Crippen LogP contribution in [0.3, 0.4) is 0 Å². The average molecular weight is 276 g/mol. The Morgan fingerprint density at radius 2 is 2.21 bits per heavy atom. The number of nitrogens with zero attached hydrogens (tertiary/aromatic N) is 7. The van der Waals surface area contributed by atoms with Crippen molar-refractivity contribution in [1.82, 2.24) is 24.9 Å². The number of nitriles is 1. The summed E-state index contributed by atoms with van der Waals surface area (Å²) in [5.41, 5.74) is 0.356. The molecule has 0 aliphatic carbocycles. The van der Waals surface area contributed by atoms with E-state index in [0.29, 0.717) is 17.2 Å². The van der Waals surface area contributed by atoms with Crippen LogP contribution in [0.15, 0.2) is 23.3 Å². The highest BCUT2D eigenvalue weighted by atomic mass is 35.5. The summed E-state index contributed by atoms with van der Waals surface area (Å²) in [7, 11) is 3.66. The van der Waals surface area contributed by atoms with Gasteiger partial charge in [-0.05, 0) is 12.1 Å². The van der Waals surface area contributed by atoms with Gasteiger partial charge in [0.25, 0.3) is 0 Å². The normalized spacial score (nSPS) is 10.6. The monoisotopic (exact) mass is 275 g/mol. The Morgan fingerprint density at radius 1 is 1.42 bits per heavy atom. The number of hydrogen-bond donors (Lipinski definition) is 0. The number of aliphatic imine (C=N–C) groups is 1. The van der Waals surface area contributed by atoms with Gasteiger partial charge >= 0.3 is 0 Å². The Hall–Kier alpha value is -2.46. The van der Waals surface area contributed by atoms with E-state index in [9.17, 15) is 0 Å². The molecule has 0 unspecified atom stereocenters. The third-order valence-electron chi connectivity index (χ3n) is 2.11. The molecule has 96 valence electrons. The van der Waals surface area contributed by atoms with Crippen molar-refractivity contribution in [2.45, 2.75) is 0 Å². The van der Waals surface area contributed by atoms with E-state index >= 15 is 0 Å². The molecule has 0 fully saturated rings. The molecule has 2 aromatic rings. The zero-order valence-electron chi connectivity index (χ0n) is 10.3. The molecule has 2 rings (SSSR count). The van der Waals surface area contributed by atoms with Crippen LogP contribution in [0, 0.1) is 11.3 Å². The molecular formula is C11H10ClN7. The molecule has 8 heteroatoms. The molecule has 0 aromatic carbocycles. The highest BCUT2D eigenvalue weighted by molar-refractivity contribution is 6.29. The minimum absolute atomic E-state index is 0.287. The van der Waals surface area contributed by atoms with Crippen LogP contribution in [0.5, 0.6) is 0 Å². The van der Waals surface area contributed by atoms with Crippen molar-refractivity contribution in [3.8, 4) is 11.9 Å². The van der Waals surface area contributed by atoms with Crippen molar-refractivity contribution in [3.05, 3.63) is 29.0 Å². The number of rotatable bonds is 3. The van der Waals surface area contributed by atoms with Gasteiger partial charge in [0.1, 0.15) is 11.6 Å². The van der Waals surface area contributed by atoms with Crippen molar-refractivity contribution in [3.63, 3.8) is 0 Å². The zero-order valence-corrected chi connectivity index (χ0v) is 11.1. The second-order valence-corrected chi connectivity index (χ2v) is 4.22. The quantitative estimate of drug-likeness (QED) is 0.625. The van der Waals surface area contributed by atoms with Gasteiger partial charge in [-0.15, -0.1) is 10.2 Å². The van der Waals surface area contributed by atoms with E-state index < -0.39 is 0 Å². The van der Waals surface area contributed by atoms with Gasteiger partial charge in [0.2, 0.25) is 0 Å². The largest absolute Gasteiger partial charge is 0.369 e. The molecule has 0 spiro atoms. The molecule has 0 radical (unpaired) electrons. The molecule has 2 heterocycles. The first kappa shape index (κ1) is 13.0. The van der Waals surface area contributed by atoms with Crippen LogP contribution in [-0.4, -0.2) is 45.3 Å². The third-order valence-corrected chi connectivity index (χ3v) is 2.31. The first-order valence-corrected chi connectivity index (χ1v) is 5.68. The molecule has 0 amide bonds. The maximum Gasteiger partial charge on any atom is 0.178 e. The molecule has 7 nitrogen and oxygen atoms in total. The van der Waals surface area contributed by atoms with Gasteiger partial charge in [-0.25, -0.2) is 4.99 Å². The smallest absolute Gasteiger partial charge is 0.178 e. The topological polar surface area (TPSA) is 83.0 Å². The average Bonchev–Trinajstić information content (AvgIpc) is 2.80. The van der Waals surface area contributed by atoms with Crippen LogP contribution in [0.25, 0.3) is 5.82 Å². The fourth-order valence-corrected chi connectivity index (χ4v) is 1.41. The minimum Gasteiger partial charge on any atom is -0.369 e. The van der Waals surface area contributed by atoms with Crippen molar-refractivity contribution < 1.29 is 0 Å². The van der Waals surface area contributed by atoms with Crippen molar-refractivity contribution in [2.75, 3.05) is 14.1 Å². The van der Waals surface area contributed by atoms with Crippen LogP contribution in [0.1, 0.15) is 5.56 Å². The van der Waals surface area contributed by atoms with E-state index in [1.807, 2.05) is 20.2 Å². The van der Waals surface area contributed by atoms with E-state index in [4.69, 9.17) is 16.9 Å². The maximum absolute atomic E-state index is 9.04. The second-order valence-electron chi connectivity index (χ2n) is 3.83. The van der Waals surface area contributed by atoms with E-state index in [-0.39, 0.29) is 5.15 Å². The summed E-state index contributed by atoms with van der Waals surface area (Å²) in [6.45, 7) is 0. The molecule has 0 saturated carbocycles. The van der Waals surface area contributed by atoms with E-state index in [1.54, 1.807) is 23.4 Å². The molecule has 0 saturated heterocycles. The minimum atomic E-state index is 0.287. The fraction of sp³-hybridized carbons (Fsp3) is 0.182. The predicted octanol–water partition coefficient (Wildman–Crippen LogP) is 1.41. The number of aromatic nitrogens is 4. The third kappa shape index (κ3) is 2.86. The van der Waals surface area contributed by atoms with Crippen LogP contribution in [-0.2, 0) is 0 Å². The molecule has 0 N–H and O–H groups in total. The van der Waals surface area contributed by atoms with Crippen molar-refractivity contribution in [1.29, 1.82) is 5.26 Å². The Balaban J connectivity index is 2.49. The van der Waals surface area contributed by atoms with Gasteiger partial charge in [0, 0.05) is 14.1 Å². The molecule has 0 bridgehead atoms. The number of hydrogen-bond acceptors (Lipinski definition) is 5.